The van der Waals surface area contributed by atoms with Crippen molar-refractivity contribution in [1.29, 1.82) is 0 Å². The summed E-state index contributed by atoms with van der Waals surface area (Å²) in [6.45, 7) is 0. The third-order valence-electron chi connectivity index (χ3n) is 2.39. The Morgan fingerprint density at radius 3 is 2.74 bits per heavy atom. The molecular weight excluding hydrogens is 315 g/mol. The third kappa shape index (κ3) is 3.00. The van der Waals surface area contributed by atoms with Crippen LogP contribution in [0.3, 0.4) is 0 Å². The molecule has 0 atom stereocenters. The van der Waals surface area contributed by atoms with E-state index in [2.05, 4.69) is 26.2 Å². The Bertz CT molecular complexity index is 648. The summed E-state index contributed by atoms with van der Waals surface area (Å²) >= 11 is 3.23. The number of aromatic nitrogens is 1. The number of primary amides is 1. The van der Waals surface area contributed by atoms with Gasteiger partial charge in [-0.25, -0.2) is 9.37 Å². The molecule has 7 heteroatoms. The number of hydrogen-bond donors (Lipinski definition) is 3. The number of rotatable bonds is 3. The standard InChI is InChI=1S/C12H10BrFN4O/c13-6-1-2-8(14)9(3-6)18-10-5-17-11(15)4-7(10)12(16)19/h1-5,18H,(H2,15,17)(H2,16,19). The van der Waals surface area contributed by atoms with Crippen molar-refractivity contribution in [1.82, 2.24) is 4.98 Å². The Labute approximate surface area is 116 Å². The number of halogens is 2. The van der Waals surface area contributed by atoms with E-state index in [4.69, 9.17) is 11.5 Å². The molecule has 0 aliphatic heterocycles. The zero-order chi connectivity index (χ0) is 14.0. The lowest BCUT2D eigenvalue weighted by molar-refractivity contribution is 0.100. The van der Waals surface area contributed by atoms with Gasteiger partial charge in [-0.05, 0) is 24.3 Å². The number of anilines is 3. The van der Waals surface area contributed by atoms with Crippen LogP contribution in [0.2, 0.25) is 0 Å². The Balaban J connectivity index is 2.43. The molecule has 1 heterocycles. The van der Waals surface area contributed by atoms with Gasteiger partial charge in [-0.15, -0.1) is 0 Å². The average Bonchev–Trinajstić information content (AvgIpc) is 2.35. The number of nitrogen functional groups attached to an aromatic ring is 1. The van der Waals surface area contributed by atoms with Crippen LogP contribution in [0.15, 0.2) is 34.9 Å². The number of amides is 1. The van der Waals surface area contributed by atoms with Crippen molar-refractivity contribution < 1.29 is 9.18 Å². The minimum atomic E-state index is -0.674. The summed E-state index contributed by atoms with van der Waals surface area (Å²) in [5, 5.41) is 2.77. The first-order valence-electron chi connectivity index (χ1n) is 5.25. The summed E-state index contributed by atoms with van der Waals surface area (Å²) < 4.78 is 14.3. The van der Waals surface area contributed by atoms with E-state index < -0.39 is 11.7 Å². The normalized spacial score (nSPS) is 10.2. The summed E-state index contributed by atoms with van der Waals surface area (Å²) in [7, 11) is 0. The summed E-state index contributed by atoms with van der Waals surface area (Å²) in [5.74, 6) is -0.975. The Morgan fingerprint density at radius 1 is 1.32 bits per heavy atom. The van der Waals surface area contributed by atoms with Crippen molar-refractivity contribution in [2.45, 2.75) is 0 Å². The van der Waals surface area contributed by atoms with Gasteiger partial charge in [0, 0.05) is 4.47 Å². The molecule has 19 heavy (non-hydrogen) atoms. The quantitative estimate of drug-likeness (QED) is 0.808. The largest absolute Gasteiger partial charge is 0.384 e. The van der Waals surface area contributed by atoms with Crippen molar-refractivity contribution in [3.63, 3.8) is 0 Å². The molecule has 2 aromatic rings. The van der Waals surface area contributed by atoms with E-state index >= 15 is 0 Å². The van der Waals surface area contributed by atoms with Crippen molar-refractivity contribution in [3.05, 3.63) is 46.3 Å². The predicted octanol–water partition coefficient (Wildman–Crippen LogP) is 2.41. The van der Waals surface area contributed by atoms with Crippen molar-refractivity contribution in [2.75, 3.05) is 11.1 Å². The molecule has 1 aromatic heterocycles. The maximum Gasteiger partial charge on any atom is 0.251 e. The molecule has 0 bridgehead atoms. The molecule has 5 nitrogen and oxygen atoms in total. The van der Waals surface area contributed by atoms with E-state index in [1.807, 2.05) is 0 Å². The molecule has 0 fully saturated rings. The van der Waals surface area contributed by atoms with Gasteiger partial charge in [0.05, 0.1) is 23.1 Å². The van der Waals surface area contributed by atoms with E-state index in [1.54, 1.807) is 6.07 Å². The highest BCUT2D eigenvalue weighted by molar-refractivity contribution is 9.10. The van der Waals surface area contributed by atoms with Crippen molar-refractivity contribution in [3.8, 4) is 0 Å². The minimum Gasteiger partial charge on any atom is -0.384 e. The molecule has 0 aliphatic rings. The molecule has 2 rings (SSSR count). The maximum atomic E-state index is 13.6. The lowest BCUT2D eigenvalue weighted by Crippen LogP contribution is -2.14. The number of carbonyl (C=O) groups is 1. The van der Waals surface area contributed by atoms with Gasteiger partial charge in [-0.2, -0.15) is 0 Å². The van der Waals surface area contributed by atoms with Crippen LogP contribution in [-0.2, 0) is 0 Å². The maximum absolute atomic E-state index is 13.6. The van der Waals surface area contributed by atoms with Crippen LogP contribution in [0.4, 0.5) is 21.6 Å². The summed E-state index contributed by atoms with van der Waals surface area (Å²) in [6, 6.07) is 5.73. The average molecular weight is 325 g/mol. The number of hydrogen-bond acceptors (Lipinski definition) is 4. The van der Waals surface area contributed by atoms with Crippen LogP contribution >= 0.6 is 15.9 Å². The highest BCUT2D eigenvalue weighted by Gasteiger charge is 2.11. The second-order valence-corrected chi connectivity index (χ2v) is 4.68. The molecule has 0 spiro atoms. The molecule has 1 amide bonds. The second-order valence-electron chi connectivity index (χ2n) is 3.77. The zero-order valence-corrected chi connectivity index (χ0v) is 11.2. The number of nitrogens with zero attached hydrogens (tertiary/aromatic N) is 1. The monoisotopic (exact) mass is 324 g/mol. The fourth-order valence-corrected chi connectivity index (χ4v) is 1.87. The van der Waals surface area contributed by atoms with Crippen LogP contribution in [0.5, 0.6) is 0 Å². The topological polar surface area (TPSA) is 94.0 Å². The van der Waals surface area contributed by atoms with Crippen LogP contribution < -0.4 is 16.8 Å². The number of nitrogens with one attached hydrogen (secondary N) is 1. The summed E-state index contributed by atoms with van der Waals surface area (Å²) in [5.41, 5.74) is 11.4. The number of nitrogens with two attached hydrogens (primary N) is 2. The molecule has 5 N–H and O–H groups in total. The van der Waals surface area contributed by atoms with Gasteiger partial charge in [0.15, 0.2) is 0 Å². The number of pyridine rings is 1. The van der Waals surface area contributed by atoms with E-state index in [1.165, 1.54) is 24.4 Å². The fourth-order valence-electron chi connectivity index (χ4n) is 1.51. The molecule has 0 saturated carbocycles. The van der Waals surface area contributed by atoms with Crippen LogP contribution in [-0.4, -0.2) is 10.9 Å². The van der Waals surface area contributed by atoms with Gasteiger partial charge < -0.3 is 16.8 Å². The predicted molar refractivity (Wildman–Crippen MR) is 74.5 cm³/mol. The molecule has 1 aromatic carbocycles. The van der Waals surface area contributed by atoms with E-state index in [9.17, 15) is 9.18 Å². The number of carbonyl (C=O) groups excluding carboxylic acids is 1. The molecule has 0 saturated heterocycles. The second kappa shape index (κ2) is 5.23. The van der Waals surface area contributed by atoms with E-state index in [0.29, 0.717) is 10.2 Å². The highest BCUT2D eigenvalue weighted by Crippen LogP contribution is 2.26. The van der Waals surface area contributed by atoms with Crippen molar-refractivity contribution >= 4 is 39.0 Å². The van der Waals surface area contributed by atoms with E-state index in [0.717, 1.165) is 0 Å². The van der Waals surface area contributed by atoms with Crippen LogP contribution in [0.1, 0.15) is 10.4 Å². The SMILES string of the molecule is NC(=O)c1cc(N)ncc1Nc1cc(Br)ccc1F. The van der Waals surface area contributed by atoms with Gasteiger partial charge in [-0.1, -0.05) is 15.9 Å². The highest BCUT2D eigenvalue weighted by atomic mass is 79.9. The van der Waals surface area contributed by atoms with Gasteiger partial charge in [0.25, 0.3) is 5.91 Å². The summed E-state index contributed by atoms with van der Waals surface area (Å²) in [4.78, 5) is 15.2. The first kappa shape index (κ1) is 13.3. The fraction of sp³-hybridized carbons (Fsp3) is 0. The molecule has 0 aliphatic carbocycles. The zero-order valence-electron chi connectivity index (χ0n) is 9.65. The van der Waals surface area contributed by atoms with Gasteiger partial charge >= 0.3 is 0 Å². The molecule has 0 radical (unpaired) electrons. The van der Waals surface area contributed by atoms with E-state index in [-0.39, 0.29) is 17.1 Å². The Kier molecular flexibility index (Phi) is 3.66. The minimum absolute atomic E-state index is 0.145. The van der Waals surface area contributed by atoms with Gasteiger partial charge in [-0.3, -0.25) is 4.79 Å². The smallest absolute Gasteiger partial charge is 0.251 e. The first-order chi connectivity index (χ1) is 8.97. The molecule has 0 unspecified atom stereocenters. The lowest BCUT2D eigenvalue weighted by atomic mass is 10.2. The van der Waals surface area contributed by atoms with Gasteiger partial charge in [0.1, 0.15) is 11.6 Å². The Hall–Kier alpha value is -2.15. The summed E-state index contributed by atoms with van der Waals surface area (Å²) in [6.07, 6.45) is 1.33. The first-order valence-corrected chi connectivity index (χ1v) is 6.04. The third-order valence-corrected chi connectivity index (χ3v) is 2.88. The van der Waals surface area contributed by atoms with Crippen molar-refractivity contribution in [2.24, 2.45) is 5.73 Å². The van der Waals surface area contributed by atoms with Gasteiger partial charge in [0.2, 0.25) is 0 Å². The number of benzene rings is 1. The molecule has 98 valence electrons. The Morgan fingerprint density at radius 2 is 2.05 bits per heavy atom. The van der Waals surface area contributed by atoms with Crippen LogP contribution in [0.25, 0.3) is 0 Å². The van der Waals surface area contributed by atoms with Crippen LogP contribution in [0, 0.1) is 5.82 Å². The lowest BCUT2D eigenvalue weighted by Gasteiger charge is -2.11. The molecular formula is C12H10BrFN4O.